The number of aromatic hydroxyl groups is 1. The first-order chi connectivity index (χ1) is 8.58. The molecule has 18 heavy (non-hydrogen) atoms. The summed E-state index contributed by atoms with van der Waals surface area (Å²) in [5.41, 5.74) is 0.480. The van der Waals surface area contributed by atoms with Gasteiger partial charge in [0, 0.05) is 17.6 Å². The number of carbonyl (C=O) groups excluding carboxylic acids is 1. The van der Waals surface area contributed by atoms with Gasteiger partial charge in [-0.15, -0.1) is 0 Å². The third-order valence-electron chi connectivity index (χ3n) is 3.29. The first-order valence-electron chi connectivity index (χ1n) is 6.10. The summed E-state index contributed by atoms with van der Waals surface area (Å²) in [6, 6.07) is 5.27. The van der Waals surface area contributed by atoms with Crippen LogP contribution in [0.25, 0.3) is 0 Å². The van der Waals surface area contributed by atoms with Crippen LogP contribution in [0.3, 0.4) is 0 Å². The van der Waals surface area contributed by atoms with Crippen molar-refractivity contribution in [2.75, 3.05) is 6.54 Å². The van der Waals surface area contributed by atoms with Crippen molar-refractivity contribution >= 4 is 21.8 Å². The second-order valence-corrected chi connectivity index (χ2v) is 5.49. The minimum atomic E-state index is -0.140. The number of phenols is 1. The van der Waals surface area contributed by atoms with E-state index in [0.29, 0.717) is 10.0 Å². The molecule has 0 spiro atoms. The zero-order chi connectivity index (χ0) is 13.1. The fourth-order valence-electron chi connectivity index (χ4n) is 2.15. The van der Waals surface area contributed by atoms with Crippen LogP contribution in [0.5, 0.6) is 5.75 Å². The highest BCUT2D eigenvalue weighted by Crippen LogP contribution is 2.24. The Morgan fingerprint density at radius 2 is 2.33 bits per heavy atom. The number of hydrogen-bond acceptors (Lipinski definition) is 3. The van der Waals surface area contributed by atoms with Crippen LogP contribution >= 0.6 is 15.9 Å². The summed E-state index contributed by atoms with van der Waals surface area (Å²) in [5.74, 6) is -0.0594. The van der Waals surface area contributed by atoms with E-state index in [1.165, 1.54) is 6.07 Å². The molecule has 1 aliphatic heterocycles. The van der Waals surface area contributed by atoms with Gasteiger partial charge in [-0.2, -0.15) is 0 Å². The summed E-state index contributed by atoms with van der Waals surface area (Å²) in [4.78, 5) is 12.1. The standard InChI is InChI=1S/C13H17BrN2O2/c1-8-11(3-2-6-15-8)16-13(18)9-4-5-10(14)12(17)7-9/h4-5,7-8,11,15,17H,2-3,6H2,1H3,(H,16,18). The van der Waals surface area contributed by atoms with Crippen LogP contribution in [0.4, 0.5) is 0 Å². The Kier molecular flexibility index (Phi) is 4.24. The van der Waals surface area contributed by atoms with E-state index >= 15 is 0 Å². The minimum Gasteiger partial charge on any atom is -0.507 e. The predicted molar refractivity (Wildman–Crippen MR) is 73.8 cm³/mol. The smallest absolute Gasteiger partial charge is 0.251 e. The van der Waals surface area contributed by atoms with Crippen molar-refractivity contribution in [3.63, 3.8) is 0 Å². The predicted octanol–water partition coefficient (Wildman–Crippen LogP) is 2.02. The average Bonchev–Trinajstić information content (AvgIpc) is 2.35. The molecule has 2 atom stereocenters. The van der Waals surface area contributed by atoms with E-state index in [1.54, 1.807) is 12.1 Å². The van der Waals surface area contributed by atoms with Crippen LogP contribution in [0, 0.1) is 0 Å². The SMILES string of the molecule is CC1NCCCC1NC(=O)c1ccc(Br)c(O)c1. The maximum Gasteiger partial charge on any atom is 0.251 e. The van der Waals surface area contributed by atoms with Crippen LogP contribution in [0.2, 0.25) is 0 Å². The molecule has 5 heteroatoms. The molecule has 0 radical (unpaired) electrons. The second kappa shape index (κ2) is 5.71. The third-order valence-corrected chi connectivity index (χ3v) is 3.96. The number of rotatable bonds is 2. The van der Waals surface area contributed by atoms with E-state index in [2.05, 4.69) is 33.5 Å². The molecule has 1 fully saturated rings. The lowest BCUT2D eigenvalue weighted by molar-refractivity contribution is 0.0919. The zero-order valence-electron chi connectivity index (χ0n) is 10.2. The van der Waals surface area contributed by atoms with Crippen LogP contribution in [-0.4, -0.2) is 29.6 Å². The van der Waals surface area contributed by atoms with Crippen molar-refractivity contribution in [1.82, 2.24) is 10.6 Å². The van der Waals surface area contributed by atoms with E-state index < -0.39 is 0 Å². The van der Waals surface area contributed by atoms with Gasteiger partial charge in [0.05, 0.1) is 4.47 Å². The van der Waals surface area contributed by atoms with Gasteiger partial charge in [-0.05, 0) is 60.4 Å². The lowest BCUT2D eigenvalue weighted by Gasteiger charge is -2.30. The van der Waals surface area contributed by atoms with Gasteiger partial charge >= 0.3 is 0 Å². The van der Waals surface area contributed by atoms with Gasteiger partial charge < -0.3 is 15.7 Å². The summed E-state index contributed by atoms with van der Waals surface area (Å²) in [5, 5.41) is 15.9. The molecule has 1 amide bonds. The van der Waals surface area contributed by atoms with E-state index in [0.717, 1.165) is 19.4 Å². The number of amides is 1. The molecule has 2 rings (SSSR count). The van der Waals surface area contributed by atoms with Crippen molar-refractivity contribution in [2.45, 2.75) is 31.8 Å². The Hall–Kier alpha value is -1.07. The molecular formula is C13H17BrN2O2. The zero-order valence-corrected chi connectivity index (χ0v) is 11.8. The highest BCUT2D eigenvalue weighted by molar-refractivity contribution is 9.10. The number of nitrogens with one attached hydrogen (secondary N) is 2. The van der Waals surface area contributed by atoms with Crippen LogP contribution in [-0.2, 0) is 0 Å². The quantitative estimate of drug-likeness (QED) is 0.783. The molecule has 0 aliphatic carbocycles. The maximum atomic E-state index is 12.1. The van der Waals surface area contributed by atoms with Gasteiger partial charge in [0.2, 0.25) is 0 Å². The normalized spacial score (nSPS) is 23.7. The number of benzene rings is 1. The van der Waals surface area contributed by atoms with Crippen molar-refractivity contribution in [3.8, 4) is 5.75 Å². The number of piperidine rings is 1. The topological polar surface area (TPSA) is 61.4 Å². The molecule has 4 nitrogen and oxygen atoms in total. The van der Waals surface area contributed by atoms with Crippen molar-refractivity contribution < 1.29 is 9.90 Å². The first kappa shape index (κ1) is 13.4. The Morgan fingerprint density at radius 1 is 1.56 bits per heavy atom. The van der Waals surface area contributed by atoms with E-state index in [4.69, 9.17) is 0 Å². The lowest BCUT2D eigenvalue weighted by Crippen LogP contribution is -2.51. The monoisotopic (exact) mass is 312 g/mol. The molecule has 0 saturated carbocycles. The fourth-order valence-corrected chi connectivity index (χ4v) is 2.39. The van der Waals surface area contributed by atoms with Crippen LogP contribution in [0.15, 0.2) is 22.7 Å². The number of carbonyl (C=O) groups is 1. The Morgan fingerprint density at radius 3 is 3.00 bits per heavy atom. The summed E-state index contributed by atoms with van der Waals surface area (Å²) in [6.45, 7) is 3.08. The minimum absolute atomic E-state index is 0.0810. The Balaban J connectivity index is 2.04. The first-order valence-corrected chi connectivity index (χ1v) is 6.90. The maximum absolute atomic E-state index is 12.1. The highest BCUT2D eigenvalue weighted by Gasteiger charge is 2.22. The lowest BCUT2D eigenvalue weighted by atomic mass is 9.99. The van der Waals surface area contributed by atoms with Crippen LogP contribution < -0.4 is 10.6 Å². The summed E-state index contributed by atoms with van der Waals surface area (Å²) < 4.78 is 0.590. The second-order valence-electron chi connectivity index (χ2n) is 4.63. The average molecular weight is 313 g/mol. The fraction of sp³-hybridized carbons (Fsp3) is 0.462. The summed E-state index contributed by atoms with van der Waals surface area (Å²) in [7, 11) is 0. The molecule has 98 valence electrons. The molecule has 1 aromatic carbocycles. The van der Waals surface area contributed by atoms with Gasteiger partial charge in [-0.1, -0.05) is 0 Å². The molecule has 2 unspecified atom stereocenters. The largest absolute Gasteiger partial charge is 0.507 e. The van der Waals surface area contributed by atoms with Crippen LogP contribution in [0.1, 0.15) is 30.1 Å². The van der Waals surface area contributed by atoms with E-state index in [9.17, 15) is 9.90 Å². The van der Waals surface area contributed by atoms with Gasteiger partial charge in [-0.3, -0.25) is 4.79 Å². The molecular weight excluding hydrogens is 296 g/mol. The molecule has 1 heterocycles. The molecule has 0 bridgehead atoms. The highest BCUT2D eigenvalue weighted by atomic mass is 79.9. The number of phenolic OH excluding ortho intramolecular Hbond substituents is 1. The molecule has 1 aromatic rings. The van der Waals surface area contributed by atoms with E-state index in [-0.39, 0.29) is 23.7 Å². The number of halogens is 1. The molecule has 0 aromatic heterocycles. The third kappa shape index (κ3) is 3.03. The Labute approximate surface area is 115 Å². The summed E-state index contributed by atoms with van der Waals surface area (Å²) in [6.07, 6.45) is 2.06. The van der Waals surface area contributed by atoms with E-state index in [1.807, 2.05) is 0 Å². The van der Waals surface area contributed by atoms with Crippen molar-refractivity contribution in [3.05, 3.63) is 28.2 Å². The summed E-state index contributed by atoms with van der Waals surface area (Å²) >= 11 is 3.19. The molecule has 1 aliphatic rings. The molecule has 1 saturated heterocycles. The molecule has 3 N–H and O–H groups in total. The van der Waals surface area contributed by atoms with Gasteiger partial charge in [0.25, 0.3) is 5.91 Å². The van der Waals surface area contributed by atoms with Gasteiger partial charge in [-0.25, -0.2) is 0 Å². The van der Waals surface area contributed by atoms with Gasteiger partial charge in [0.15, 0.2) is 0 Å². The number of hydrogen-bond donors (Lipinski definition) is 3. The Bertz CT molecular complexity index is 451. The van der Waals surface area contributed by atoms with Gasteiger partial charge in [0.1, 0.15) is 5.75 Å². The van der Waals surface area contributed by atoms with Crippen molar-refractivity contribution in [2.24, 2.45) is 0 Å². The van der Waals surface area contributed by atoms with Crippen molar-refractivity contribution in [1.29, 1.82) is 0 Å².